The molecule has 2 aliphatic carbocycles. The Morgan fingerprint density at radius 3 is 2.02 bits per heavy atom. The number of rotatable bonds is 4. The summed E-state index contributed by atoms with van der Waals surface area (Å²) in [5.41, 5.74) is -0.873. The molecule has 2 fully saturated rings. The third-order valence-corrected chi connectivity index (χ3v) is 7.23. The minimum Gasteiger partial charge on any atom is -0.497 e. The van der Waals surface area contributed by atoms with Crippen LogP contribution in [0.2, 0.25) is 0 Å². The number of hydrogen-bond acceptors (Lipinski definition) is 6. The first-order valence-corrected chi connectivity index (χ1v) is 14.6. The second-order valence-electron chi connectivity index (χ2n) is 11.0. The molecule has 2 aliphatic rings. The summed E-state index contributed by atoms with van der Waals surface area (Å²) in [6.07, 6.45) is 4.83. The Labute approximate surface area is 253 Å². The number of carbonyl (C=O) groups is 2. The lowest BCUT2D eigenvalue weighted by atomic mass is 9.82. The van der Waals surface area contributed by atoms with E-state index < -0.39 is 17.3 Å². The van der Waals surface area contributed by atoms with Gasteiger partial charge in [-0.1, -0.05) is 35.8 Å². The molecule has 0 heterocycles. The van der Waals surface area contributed by atoms with Crippen LogP contribution in [0.25, 0.3) is 0 Å². The smallest absolute Gasteiger partial charge is 0.407 e. The normalized spacial score (nSPS) is 24.3. The van der Waals surface area contributed by atoms with Crippen molar-refractivity contribution in [2.24, 2.45) is 0 Å². The summed E-state index contributed by atoms with van der Waals surface area (Å²) < 4.78 is 23.1. The molecule has 230 valence electrons. The van der Waals surface area contributed by atoms with Crippen LogP contribution in [0.4, 0.5) is 9.18 Å². The Morgan fingerprint density at radius 2 is 1.49 bits per heavy atom. The Bertz CT molecular complexity index is 1380. The Balaban J connectivity index is 0.000000238. The predicted octanol–water partition coefficient (Wildman–Crippen LogP) is 4.45. The van der Waals surface area contributed by atoms with Crippen LogP contribution in [-0.4, -0.2) is 59.2 Å². The first-order chi connectivity index (χ1) is 20.5. The van der Waals surface area contributed by atoms with Crippen LogP contribution in [0.3, 0.4) is 0 Å². The van der Waals surface area contributed by atoms with Crippen LogP contribution < -0.4 is 15.4 Å². The number of nitrogens with one attached hydrogen (secondary N) is 2. The molecule has 4 N–H and O–H groups in total. The van der Waals surface area contributed by atoms with E-state index in [1.807, 2.05) is 24.3 Å². The second-order valence-corrected chi connectivity index (χ2v) is 11.0. The van der Waals surface area contributed by atoms with Crippen molar-refractivity contribution in [1.82, 2.24) is 10.6 Å². The highest BCUT2D eigenvalue weighted by molar-refractivity contribution is 5.73. The van der Waals surface area contributed by atoms with Crippen molar-refractivity contribution in [3.05, 3.63) is 65.5 Å². The molecule has 4 unspecified atom stereocenters. The van der Waals surface area contributed by atoms with Crippen LogP contribution in [0.5, 0.6) is 5.75 Å². The highest BCUT2D eigenvalue weighted by atomic mass is 19.1. The second kappa shape index (κ2) is 16.0. The molecule has 8 nitrogen and oxygen atoms in total. The third-order valence-electron chi connectivity index (χ3n) is 7.23. The molecular weight excluding hydrogens is 551 g/mol. The van der Waals surface area contributed by atoms with E-state index in [1.165, 1.54) is 19.1 Å². The van der Waals surface area contributed by atoms with Gasteiger partial charge in [-0.25, -0.2) is 9.18 Å². The Morgan fingerprint density at radius 1 is 0.930 bits per heavy atom. The summed E-state index contributed by atoms with van der Waals surface area (Å²) >= 11 is 0. The number of alkyl carbamates (subject to hydrolysis) is 1. The fourth-order valence-electron chi connectivity index (χ4n) is 5.25. The van der Waals surface area contributed by atoms with E-state index in [1.54, 1.807) is 26.2 Å². The molecule has 43 heavy (non-hydrogen) atoms. The van der Waals surface area contributed by atoms with Gasteiger partial charge in [-0.2, -0.15) is 0 Å². The molecule has 0 saturated heterocycles. The zero-order valence-electron chi connectivity index (χ0n) is 25.0. The summed E-state index contributed by atoms with van der Waals surface area (Å²) in [4.78, 5) is 22.6. The zero-order chi connectivity index (χ0) is 31.3. The standard InChI is InChI=1S/C18H23NO4.C16H18FNO2/c1-3-23-17(20)19-15-7-5-10-18(21,13-15)11-9-14-6-4-8-16(12-14)22-2;1-12(19)18-15-6-3-8-16(20,11-15)9-7-13-4-2-5-14(17)10-13/h4,6,8,12,15,21H,3,5,7,10,13H2,1-2H3,(H,19,20);2,4-5,10,15,20H,3,6,8,11H2,1H3,(H,18,19). The number of methoxy groups -OCH3 is 1. The van der Waals surface area contributed by atoms with Gasteiger partial charge in [0.2, 0.25) is 5.91 Å². The number of hydrogen-bond donors (Lipinski definition) is 4. The molecule has 0 bridgehead atoms. The maximum atomic E-state index is 13.1. The van der Waals surface area contributed by atoms with Gasteiger partial charge in [0.15, 0.2) is 0 Å². The number of halogens is 1. The van der Waals surface area contributed by atoms with Crippen molar-refractivity contribution in [2.45, 2.75) is 88.5 Å². The van der Waals surface area contributed by atoms with E-state index in [9.17, 15) is 24.2 Å². The molecule has 2 aromatic carbocycles. The van der Waals surface area contributed by atoms with Crippen molar-refractivity contribution < 1.29 is 33.7 Å². The lowest BCUT2D eigenvalue weighted by Gasteiger charge is -2.33. The first-order valence-electron chi connectivity index (χ1n) is 14.6. The maximum Gasteiger partial charge on any atom is 0.407 e. The lowest BCUT2D eigenvalue weighted by molar-refractivity contribution is -0.120. The minimum absolute atomic E-state index is 0.0481. The van der Waals surface area contributed by atoms with Crippen LogP contribution >= 0.6 is 0 Å². The molecule has 2 aromatic rings. The van der Waals surface area contributed by atoms with Gasteiger partial charge in [0.05, 0.1) is 13.7 Å². The predicted molar refractivity (Wildman–Crippen MR) is 162 cm³/mol. The van der Waals surface area contributed by atoms with Crippen molar-refractivity contribution in [1.29, 1.82) is 0 Å². The van der Waals surface area contributed by atoms with Gasteiger partial charge in [0.25, 0.3) is 0 Å². The highest BCUT2D eigenvalue weighted by Gasteiger charge is 2.34. The number of carbonyl (C=O) groups excluding carboxylic acids is 2. The minimum atomic E-state index is -1.11. The molecular formula is C34H41FN2O6. The largest absolute Gasteiger partial charge is 0.497 e. The lowest BCUT2D eigenvalue weighted by Crippen LogP contribution is -2.45. The molecule has 4 atom stereocenters. The number of benzene rings is 2. The van der Waals surface area contributed by atoms with Crippen molar-refractivity contribution >= 4 is 12.0 Å². The van der Waals surface area contributed by atoms with E-state index in [0.717, 1.165) is 37.0 Å². The van der Waals surface area contributed by atoms with E-state index in [2.05, 4.69) is 34.3 Å². The van der Waals surface area contributed by atoms with Gasteiger partial charge in [-0.3, -0.25) is 4.79 Å². The summed E-state index contributed by atoms with van der Waals surface area (Å²) in [6, 6.07) is 13.2. The van der Waals surface area contributed by atoms with Crippen LogP contribution in [-0.2, 0) is 9.53 Å². The van der Waals surface area contributed by atoms with Crippen molar-refractivity contribution in [3.8, 4) is 29.4 Å². The SMILES string of the molecule is CC(=O)NC1CCCC(O)(C#Cc2cccc(F)c2)C1.CCOC(=O)NC1CCCC(O)(C#Cc2cccc(OC)c2)C1. The van der Waals surface area contributed by atoms with E-state index >= 15 is 0 Å². The molecule has 0 spiro atoms. The molecule has 0 aliphatic heterocycles. The Kier molecular flexibility index (Phi) is 12.4. The van der Waals surface area contributed by atoms with Crippen molar-refractivity contribution in [2.75, 3.05) is 13.7 Å². The molecule has 0 radical (unpaired) electrons. The molecule has 0 aromatic heterocycles. The highest BCUT2D eigenvalue weighted by Crippen LogP contribution is 2.29. The number of ether oxygens (including phenoxy) is 2. The van der Waals surface area contributed by atoms with Crippen LogP contribution in [0.15, 0.2) is 48.5 Å². The van der Waals surface area contributed by atoms with E-state index in [-0.39, 0.29) is 23.8 Å². The van der Waals surface area contributed by atoms with Gasteiger partial charge in [0, 0.05) is 43.0 Å². The Hall–Kier alpha value is -4.05. The number of amides is 2. The first kappa shape index (κ1) is 33.5. The average Bonchev–Trinajstić information content (AvgIpc) is 2.96. The zero-order valence-corrected chi connectivity index (χ0v) is 25.0. The summed E-state index contributed by atoms with van der Waals surface area (Å²) in [6.45, 7) is 3.56. The molecule has 9 heteroatoms. The van der Waals surface area contributed by atoms with Gasteiger partial charge < -0.3 is 30.3 Å². The summed E-state index contributed by atoms with van der Waals surface area (Å²) in [7, 11) is 1.60. The number of aliphatic hydroxyl groups is 2. The van der Waals surface area contributed by atoms with E-state index in [0.29, 0.717) is 37.9 Å². The summed E-state index contributed by atoms with van der Waals surface area (Å²) in [5, 5.41) is 26.7. The molecule has 2 saturated carbocycles. The monoisotopic (exact) mass is 592 g/mol. The van der Waals surface area contributed by atoms with Crippen molar-refractivity contribution in [3.63, 3.8) is 0 Å². The molecule has 4 rings (SSSR count). The average molecular weight is 593 g/mol. The topological polar surface area (TPSA) is 117 Å². The van der Waals surface area contributed by atoms with Gasteiger partial charge in [-0.05, 0) is 81.8 Å². The maximum absolute atomic E-state index is 13.1. The fourth-order valence-corrected chi connectivity index (χ4v) is 5.25. The van der Waals surface area contributed by atoms with E-state index in [4.69, 9.17) is 9.47 Å². The summed E-state index contributed by atoms with van der Waals surface area (Å²) in [5.74, 6) is 11.9. The van der Waals surface area contributed by atoms with Gasteiger partial charge >= 0.3 is 6.09 Å². The molecule has 2 amide bonds. The van der Waals surface area contributed by atoms with Crippen LogP contribution in [0.1, 0.15) is 76.3 Å². The van der Waals surface area contributed by atoms with Crippen LogP contribution in [0, 0.1) is 29.5 Å². The van der Waals surface area contributed by atoms with Gasteiger partial charge in [0.1, 0.15) is 22.8 Å². The third kappa shape index (κ3) is 11.6. The quantitative estimate of drug-likeness (QED) is 0.390. The fraction of sp³-hybridized carbons (Fsp3) is 0.471. The van der Waals surface area contributed by atoms with Gasteiger partial charge in [-0.15, -0.1) is 0 Å².